The molecule has 0 saturated heterocycles. The van der Waals surface area contributed by atoms with Crippen LogP contribution in [0.3, 0.4) is 0 Å². The molecule has 3 heterocycles. The van der Waals surface area contributed by atoms with E-state index in [9.17, 15) is 4.79 Å². The fourth-order valence-electron chi connectivity index (χ4n) is 3.70. The largest absolute Gasteiger partial charge is 0.382 e. The van der Waals surface area contributed by atoms with Crippen LogP contribution in [0.25, 0.3) is 11.2 Å². The van der Waals surface area contributed by atoms with Crippen LogP contribution in [0.5, 0.6) is 0 Å². The maximum Gasteiger partial charge on any atom is 0.328 e. The number of nitrogens with two attached hydrogens (primary N) is 1. The zero-order valence-corrected chi connectivity index (χ0v) is 18.7. The van der Waals surface area contributed by atoms with Crippen LogP contribution in [-0.4, -0.2) is 24.5 Å². The summed E-state index contributed by atoms with van der Waals surface area (Å²) in [7, 11) is 0. The van der Waals surface area contributed by atoms with Crippen LogP contribution in [0.15, 0.2) is 47.4 Å². The fraction of sp³-hybridized carbons (Fsp3) is 0.333. The van der Waals surface area contributed by atoms with E-state index in [4.69, 9.17) is 5.73 Å². The Hall–Kier alpha value is -3.68. The minimum atomic E-state index is -0.276. The number of nitrogen functional groups attached to an aromatic ring is 1. The molecular weight excluding hydrogens is 402 g/mol. The van der Waals surface area contributed by atoms with E-state index >= 15 is 0 Å². The van der Waals surface area contributed by atoms with Crippen molar-refractivity contribution in [2.24, 2.45) is 5.92 Å². The summed E-state index contributed by atoms with van der Waals surface area (Å²) in [6.07, 6.45) is 5.33. The Labute approximate surface area is 186 Å². The number of imidazole rings is 1. The van der Waals surface area contributed by atoms with Crippen molar-refractivity contribution < 1.29 is 0 Å². The molecule has 0 unspecified atom stereocenters. The zero-order chi connectivity index (χ0) is 22.7. The molecule has 8 nitrogen and oxygen atoms in total. The molecule has 1 aromatic carbocycles. The van der Waals surface area contributed by atoms with Crippen molar-refractivity contribution in [2.45, 2.75) is 46.6 Å². The molecule has 4 N–H and O–H groups in total. The van der Waals surface area contributed by atoms with Crippen LogP contribution < -0.4 is 16.7 Å². The highest BCUT2D eigenvalue weighted by atomic mass is 16.1. The fourth-order valence-corrected chi connectivity index (χ4v) is 3.70. The third kappa shape index (κ3) is 4.96. The number of pyridine rings is 1. The molecule has 0 atom stereocenters. The Morgan fingerprint density at radius 2 is 1.84 bits per heavy atom. The van der Waals surface area contributed by atoms with E-state index in [1.54, 1.807) is 17.7 Å². The topological polar surface area (TPSA) is 115 Å². The monoisotopic (exact) mass is 431 g/mol. The van der Waals surface area contributed by atoms with E-state index in [0.29, 0.717) is 23.5 Å². The number of benzene rings is 1. The standard InChI is InChI=1S/C24H29N7O/c1-15(2)5-4-6-17-7-10-19(11-8-17)29-20-12-9-18(13-26-20)14-31-23-21(30-24(31)32)22(25)27-16(3)28-23/h7-13,15H,4-6,14H2,1-3H3,(H,26,29)(H,30,32)(H2,25,27,28). The van der Waals surface area contributed by atoms with E-state index in [2.05, 4.69) is 63.4 Å². The Kier molecular flexibility index (Phi) is 6.20. The van der Waals surface area contributed by atoms with Gasteiger partial charge in [0.25, 0.3) is 0 Å². The first-order valence-corrected chi connectivity index (χ1v) is 10.9. The molecule has 166 valence electrons. The van der Waals surface area contributed by atoms with Crippen LogP contribution in [0.1, 0.15) is 43.6 Å². The van der Waals surface area contributed by atoms with Gasteiger partial charge in [0.05, 0.1) is 6.54 Å². The Morgan fingerprint density at radius 3 is 2.53 bits per heavy atom. The van der Waals surface area contributed by atoms with E-state index < -0.39 is 0 Å². The van der Waals surface area contributed by atoms with Crippen LogP contribution in [0.4, 0.5) is 17.3 Å². The number of H-pyrrole nitrogens is 1. The SMILES string of the molecule is Cc1nc(N)c2[nH]c(=O)n(Cc3ccc(Nc4ccc(CCCC(C)C)cc4)nc3)c2n1. The first-order chi connectivity index (χ1) is 15.4. The second-order valence-corrected chi connectivity index (χ2v) is 8.53. The predicted molar refractivity (Wildman–Crippen MR) is 128 cm³/mol. The van der Waals surface area contributed by atoms with Crippen LogP contribution in [0.2, 0.25) is 0 Å². The Bertz CT molecular complexity index is 1250. The van der Waals surface area contributed by atoms with Crippen molar-refractivity contribution in [3.8, 4) is 0 Å². The number of aromatic nitrogens is 5. The number of hydrogen-bond acceptors (Lipinski definition) is 6. The van der Waals surface area contributed by atoms with Crippen molar-refractivity contribution >= 4 is 28.5 Å². The minimum Gasteiger partial charge on any atom is -0.382 e. The number of nitrogens with zero attached hydrogens (tertiary/aromatic N) is 4. The molecule has 0 aliphatic rings. The summed E-state index contributed by atoms with van der Waals surface area (Å²) >= 11 is 0. The molecule has 0 amide bonds. The van der Waals surface area contributed by atoms with Crippen molar-refractivity contribution in [2.75, 3.05) is 11.1 Å². The lowest BCUT2D eigenvalue weighted by molar-refractivity contribution is 0.556. The molecular formula is C24H29N7O. The van der Waals surface area contributed by atoms with Crippen molar-refractivity contribution in [3.63, 3.8) is 0 Å². The molecule has 4 aromatic rings. The van der Waals surface area contributed by atoms with Gasteiger partial charge in [0.2, 0.25) is 0 Å². The summed E-state index contributed by atoms with van der Waals surface area (Å²) in [6.45, 7) is 6.61. The van der Waals surface area contributed by atoms with Crippen LogP contribution >= 0.6 is 0 Å². The highest BCUT2D eigenvalue weighted by Gasteiger charge is 2.13. The normalized spacial score (nSPS) is 11.4. The zero-order valence-electron chi connectivity index (χ0n) is 18.7. The smallest absolute Gasteiger partial charge is 0.328 e. The van der Waals surface area contributed by atoms with Gasteiger partial charge in [-0.3, -0.25) is 4.57 Å². The number of aromatic amines is 1. The lowest BCUT2D eigenvalue weighted by atomic mass is 10.0. The average Bonchev–Trinajstić information content (AvgIpc) is 3.06. The second-order valence-electron chi connectivity index (χ2n) is 8.53. The Morgan fingerprint density at radius 1 is 1.09 bits per heavy atom. The lowest BCUT2D eigenvalue weighted by Crippen LogP contribution is -2.18. The van der Waals surface area contributed by atoms with Gasteiger partial charge in [-0.05, 0) is 55.0 Å². The summed E-state index contributed by atoms with van der Waals surface area (Å²) in [5.41, 5.74) is 9.82. The van der Waals surface area contributed by atoms with Gasteiger partial charge < -0.3 is 16.0 Å². The van der Waals surface area contributed by atoms with E-state index in [0.717, 1.165) is 29.4 Å². The number of hydrogen-bond donors (Lipinski definition) is 3. The molecule has 0 aliphatic carbocycles. The molecule has 4 rings (SSSR count). The van der Waals surface area contributed by atoms with E-state index in [-0.39, 0.29) is 11.5 Å². The van der Waals surface area contributed by atoms with Gasteiger partial charge in [-0.1, -0.05) is 38.5 Å². The van der Waals surface area contributed by atoms with E-state index in [1.807, 2.05) is 12.1 Å². The third-order valence-corrected chi connectivity index (χ3v) is 5.40. The van der Waals surface area contributed by atoms with Gasteiger partial charge >= 0.3 is 5.69 Å². The van der Waals surface area contributed by atoms with Gasteiger partial charge in [0, 0.05) is 11.9 Å². The summed E-state index contributed by atoms with van der Waals surface area (Å²) in [6, 6.07) is 12.3. The summed E-state index contributed by atoms with van der Waals surface area (Å²) < 4.78 is 1.54. The Balaban J connectivity index is 1.42. The molecule has 0 aliphatic heterocycles. The molecule has 32 heavy (non-hydrogen) atoms. The van der Waals surface area contributed by atoms with Crippen LogP contribution in [0, 0.1) is 12.8 Å². The third-order valence-electron chi connectivity index (χ3n) is 5.40. The molecule has 0 radical (unpaired) electrons. The second kappa shape index (κ2) is 9.21. The molecule has 0 saturated carbocycles. The first-order valence-electron chi connectivity index (χ1n) is 10.9. The maximum absolute atomic E-state index is 12.4. The number of anilines is 3. The number of aryl methyl sites for hydroxylation is 2. The minimum absolute atomic E-state index is 0.270. The van der Waals surface area contributed by atoms with Gasteiger partial charge in [-0.15, -0.1) is 0 Å². The van der Waals surface area contributed by atoms with Crippen molar-refractivity contribution in [1.29, 1.82) is 0 Å². The molecule has 0 spiro atoms. The summed E-state index contributed by atoms with van der Waals surface area (Å²) in [5, 5.41) is 3.32. The average molecular weight is 432 g/mol. The number of nitrogens with one attached hydrogen (secondary N) is 2. The molecule has 0 fully saturated rings. The van der Waals surface area contributed by atoms with Gasteiger partial charge in [0.1, 0.15) is 17.2 Å². The lowest BCUT2D eigenvalue weighted by Gasteiger charge is -2.09. The molecule has 3 aromatic heterocycles. The highest BCUT2D eigenvalue weighted by Crippen LogP contribution is 2.19. The van der Waals surface area contributed by atoms with Crippen molar-refractivity contribution in [3.05, 3.63) is 70.0 Å². The molecule has 8 heteroatoms. The maximum atomic E-state index is 12.4. The van der Waals surface area contributed by atoms with Crippen molar-refractivity contribution in [1.82, 2.24) is 24.5 Å². The van der Waals surface area contributed by atoms with Gasteiger partial charge in [-0.2, -0.15) is 0 Å². The highest BCUT2D eigenvalue weighted by molar-refractivity contribution is 5.81. The summed E-state index contributed by atoms with van der Waals surface area (Å²) in [4.78, 5) is 28.1. The van der Waals surface area contributed by atoms with E-state index in [1.165, 1.54) is 18.4 Å². The first kappa shape index (κ1) is 21.5. The van der Waals surface area contributed by atoms with Gasteiger partial charge in [0.15, 0.2) is 11.5 Å². The number of rotatable bonds is 8. The van der Waals surface area contributed by atoms with Gasteiger partial charge in [-0.25, -0.2) is 19.7 Å². The summed E-state index contributed by atoms with van der Waals surface area (Å²) in [5.74, 6) is 2.28. The van der Waals surface area contributed by atoms with Crippen LogP contribution in [-0.2, 0) is 13.0 Å². The predicted octanol–water partition coefficient (Wildman–Crippen LogP) is 4.18. The number of fused-ring (bicyclic) bond motifs is 1. The quantitative estimate of drug-likeness (QED) is 0.386. The molecule has 0 bridgehead atoms.